The van der Waals surface area contributed by atoms with Gasteiger partial charge in [-0.05, 0) is 36.8 Å². The molecule has 3 nitrogen and oxygen atoms in total. The van der Waals surface area contributed by atoms with Crippen LogP contribution < -0.4 is 5.56 Å². The van der Waals surface area contributed by atoms with Crippen LogP contribution in [0.4, 0.5) is 4.39 Å². The van der Waals surface area contributed by atoms with E-state index in [1.54, 1.807) is 19.1 Å². The summed E-state index contributed by atoms with van der Waals surface area (Å²) >= 11 is 4.87. The van der Waals surface area contributed by atoms with Crippen LogP contribution in [-0.2, 0) is 6.42 Å². The van der Waals surface area contributed by atoms with E-state index in [9.17, 15) is 9.18 Å². The first-order valence-corrected chi connectivity index (χ1v) is 5.53. The van der Waals surface area contributed by atoms with Crippen LogP contribution in [0.5, 0.6) is 0 Å². The summed E-state index contributed by atoms with van der Waals surface area (Å²) in [6.07, 6.45) is 0.452. The molecule has 0 saturated heterocycles. The fourth-order valence-electron chi connectivity index (χ4n) is 1.65. The minimum absolute atomic E-state index is 0.199. The molecule has 0 spiro atoms. The number of hydrogen-bond acceptors (Lipinski definition) is 2. The molecule has 2 aromatic rings. The first kappa shape index (κ1) is 11.7. The van der Waals surface area contributed by atoms with Crippen LogP contribution in [0.1, 0.15) is 16.8 Å². The predicted molar refractivity (Wildman–Crippen MR) is 66.2 cm³/mol. The molecule has 5 heteroatoms. The van der Waals surface area contributed by atoms with Crippen LogP contribution in [0.3, 0.4) is 0 Å². The number of aromatic nitrogens is 2. The van der Waals surface area contributed by atoms with Gasteiger partial charge in [-0.25, -0.2) is 4.39 Å². The van der Waals surface area contributed by atoms with Gasteiger partial charge < -0.3 is 4.98 Å². The zero-order chi connectivity index (χ0) is 12.4. The summed E-state index contributed by atoms with van der Waals surface area (Å²) in [7, 11) is 0. The number of benzene rings is 1. The minimum atomic E-state index is -0.285. The molecule has 1 aromatic carbocycles. The van der Waals surface area contributed by atoms with Crippen LogP contribution in [-0.4, -0.2) is 9.97 Å². The fourth-order valence-corrected chi connectivity index (χ4v) is 1.89. The Bertz CT molecular complexity index is 643. The number of hydrogen-bond donors (Lipinski definition) is 2. The summed E-state index contributed by atoms with van der Waals surface area (Å²) in [5.74, 6) is -0.285. The molecule has 0 aliphatic rings. The van der Waals surface area contributed by atoms with E-state index in [-0.39, 0.29) is 11.4 Å². The van der Waals surface area contributed by atoms with Crippen molar-refractivity contribution in [3.8, 4) is 0 Å². The molecule has 1 heterocycles. The lowest BCUT2D eigenvalue weighted by Gasteiger charge is -2.04. The Balaban J connectivity index is 2.40. The summed E-state index contributed by atoms with van der Waals surface area (Å²) in [5, 5.41) is 0. The quantitative estimate of drug-likeness (QED) is 0.804. The molecule has 0 bridgehead atoms. The third-order valence-corrected chi connectivity index (χ3v) is 2.75. The van der Waals surface area contributed by atoms with Gasteiger partial charge in [0, 0.05) is 17.7 Å². The van der Waals surface area contributed by atoms with Crippen molar-refractivity contribution < 1.29 is 4.39 Å². The molecule has 1 aromatic heterocycles. The summed E-state index contributed by atoms with van der Waals surface area (Å²) in [6, 6.07) is 6.08. The summed E-state index contributed by atoms with van der Waals surface area (Å²) in [6.45, 7) is 1.80. The van der Waals surface area contributed by atoms with E-state index in [1.807, 2.05) is 0 Å². The zero-order valence-electron chi connectivity index (χ0n) is 9.21. The Morgan fingerprint density at radius 3 is 2.47 bits per heavy atom. The van der Waals surface area contributed by atoms with Gasteiger partial charge in [0.25, 0.3) is 5.56 Å². The second-order valence-corrected chi connectivity index (χ2v) is 4.22. The van der Waals surface area contributed by atoms with Crippen molar-refractivity contribution in [2.24, 2.45) is 0 Å². The summed E-state index contributed by atoms with van der Waals surface area (Å²) < 4.78 is 13.1. The van der Waals surface area contributed by atoms with Crippen LogP contribution in [0.25, 0.3) is 0 Å². The molecule has 0 atom stereocenters. The van der Waals surface area contributed by atoms with Crippen LogP contribution in [0, 0.1) is 17.5 Å². The van der Waals surface area contributed by atoms with Gasteiger partial charge in [0.2, 0.25) is 0 Å². The van der Waals surface area contributed by atoms with E-state index in [1.165, 1.54) is 12.1 Å². The van der Waals surface area contributed by atoms with E-state index in [0.717, 1.165) is 11.3 Å². The molecule has 0 fully saturated rings. The minimum Gasteiger partial charge on any atom is -0.336 e. The first-order valence-electron chi connectivity index (χ1n) is 5.13. The molecule has 0 aliphatic heterocycles. The number of aromatic amines is 2. The maximum absolute atomic E-state index is 12.7. The van der Waals surface area contributed by atoms with Gasteiger partial charge in [-0.1, -0.05) is 12.1 Å². The third kappa shape index (κ3) is 2.68. The van der Waals surface area contributed by atoms with Crippen molar-refractivity contribution in [3.63, 3.8) is 0 Å². The SMILES string of the molecule is Cc1[nH]c(=S)[nH]c(=O)c1Cc1ccc(F)cc1. The molecule has 17 heavy (non-hydrogen) atoms. The lowest BCUT2D eigenvalue weighted by atomic mass is 10.1. The second-order valence-electron chi connectivity index (χ2n) is 3.82. The molecule has 0 unspecified atom stereocenters. The zero-order valence-corrected chi connectivity index (χ0v) is 10.0. The molecule has 0 radical (unpaired) electrons. The van der Waals surface area contributed by atoms with Crippen molar-refractivity contribution in [1.29, 1.82) is 0 Å². The summed E-state index contributed by atoms with van der Waals surface area (Å²) in [5.41, 5.74) is 2.04. The van der Waals surface area contributed by atoms with E-state index in [4.69, 9.17) is 12.2 Å². The lowest BCUT2D eigenvalue weighted by molar-refractivity contribution is 0.627. The summed E-state index contributed by atoms with van der Waals surface area (Å²) in [4.78, 5) is 17.2. The van der Waals surface area contributed by atoms with Crippen molar-refractivity contribution in [2.75, 3.05) is 0 Å². The molecule has 0 amide bonds. The largest absolute Gasteiger partial charge is 0.336 e. The Labute approximate surface area is 102 Å². The Hall–Kier alpha value is -1.75. The lowest BCUT2D eigenvalue weighted by Crippen LogP contribution is -2.16. The van der Waals surface area contributed by atoms with Gasteiger partial charge in [-0.2, -0.15) is 0 Å². The molecule has 88 valence electrons. The van der Waals surface area contributed by atoms with Crippen LogP contribution >= 0.6 is 12.2 Å². The number of aryl methyl sites for hydroxylation is 1. The van der Waals surface area contributed by atoms with Crippen molar-refractivity contribution in [1.82, 2.24) is 9.97 Å². The van der Waals surface area contributed by atoms with Gasteiger partial charge >= 0.3 is 0 Å². The van der Waals surface area contributed by atoms with E-state index in [0.29, 0.717) is 16.8 Å². The molecule has 0 aliphatic carbocycles. The third-order valence-electron chi connectivity index (χ3n) is 2.55. The van der Waals surface area contributed by atoms with Gasteiger partial charge in [-0.15, -0.1) is 0 Å². The van der Waals surface area contributed by atoms with Gasteiger partial charge in [0.15, 0.2) is 4.77 Å². The second kappa shape index (κ2) is 4.63. The average Bonchev–Trinajstić information content (AvgIpc) is 2.26. The standard InChI is InChI=1S/C12H11FN2OS/c1-7-10(11(16)15-12(17)14-7)6-8-2-4-9(13)5-3-8/h2-5H,6H2,1H3,(H2,14,15,16,17). The predicted octanol–water partition coefficient (Wildman–Crippen LogP) is 2.47. The van der Waals surface area contributed by atoms with Crippen molar-refractivity contribution >= 4 is 12.2 Å². The number of nitrogens with one attached hydrogen (secondary N) is 2. The Morgan fingerprint density at radius 2 is 1.88 bits per heavy atom. The highest BCUT2D eigenvalue weighted by Crippen LogP contribution is 2.09. The highest BCUT2D eigenvalue weighted by molar-refractivity contribution is 7.71. The monoisotopic (exact) mass is 250 g/mol. The van der Waals surface area contributed by atoms with Crippen LogP contribution in [0.2, 0.25) is 0 Å². The maximum Gasteiger partial charge on any atom is 0.255 e. The number of halogens is 1. The number of rotatable bonds is 2. The van der Waals surface area contributed by atoms with Crippen molar-refractivity contribution in [3.05, 3.63) is 62.0 Å². The maximum atomic E-state index is 12.7. The molecule has 0 saturated carbocycles. The number of H-pyrrole nitrogens is 2. The van der Waals surface area contributed by atoms with Gasteiger partial charge in [0.1, 0.15) is 5.82 Å². The highest BCUT2D eigenvalue weighted by atomic mass is 32.1. The average molecular weight is 250 g/mol. The Kier molecular flexibility index (Phi) is 3.19. The topological polar surface area (TPSA) is 48.6 Å². The molecular formula is C12H11FN2OS. The van der Waals surface area contributed by atoms with Crippen molar-refractivity contribution in [2.45, 2.75) is 13.3 Å². The highest BCUT2D eigenvalue weighted by Gasteiger charge is 2.06. The van der Waals surface area contributed by atoms with Crippen LogP contribution in [0.15, 0.2) is 29.1 Å². The van der Waals surface area contributed by atoms with E-state index >= 15 is 0 Å². The normalized spacial score (nSPS) is 10.5. The first-order chi connectivity index (χ1) is 8.06. The Morgan fingerprint density at radius 1 is 1.24 bits per heavy atom. The molecule has 2 N–H and O–H groups in total. The molecule has 2 rings (SSSR count). The van der Waals surface area contributed by atoms with E-state index in [2.05, 4.69) is 9.97 Å². The molecular weight excluding hydrogens is 239 g/mol. The van der Waals surface area contributed by atoms with Gasteiger partial charge in [-0.3, -0.25) is 9.78 Å². The van der Waals surface area contributed by atoms with Gasteiger partial charge in [0.05, 0.1) is 0 Å². The van der Waals surface area contributed by atoms with E-state index < -0.39 is 0 Å². The fraction of sp³-hybridized carbons (Fsp3) is 0.167. The smallest absolute Gasteiger partial charge is 0.255 e.